The van der Waals surface area contributed by atoms with Crippen molar-refractivity contribution in [1.82, 2.24) is 14.8 Å². The number of hydrogen-bond acceptors (Lipinski definition) is 7. The summed E-state index contributed by atoms with van der Waals surface area (Å²) in [6, 6.07) is 5.65. The summed E-state index contributed by atoms with van der Waals surface area (Å²) in [6.45, 7) is 1.09. The average molecular weight is 588 g/mol. The van der Waals surface area contributed by atoms with E-state index >= 15 is 0 Å². The minimum Gasteiger partial charge on any atom is -0.482 e. The van der Waals surface area contributed by atoms with Crippen LogP contribution in [0.2, 0.25) is 5.15 Å². The number of aromatic nitrogens is 3. The summed E-state index contributed by atoms with van der Waals surface area (Å²) in [5.74, 6) is -0.224. The van der Waals surface area contributed by atoms with Gasteiger partial charge in [-0.1, -0.05) is 11.6 Å². The monoisotopic (exact) mass is 586 g/mol. The van der Waals surface area contributed by atoms with E-state index in [2.05, 4.69) is 31.0 Å². The number of allylic oxidation sites excluding steroid dienone is 1. The highest BCUT2D eigenvalue weighted by atomic mass is 79.9. The Morgan fingerprint density at radius 3 is 2.81 bits per heavy atom. The molecule has 0 radical (unpaired) electrons. The zero-order valence-electron chi connectivity index (χ0n) is 19.2. The van der Waals surface area contributed by atoms with Gasteiger partial charge in [-0.2, -0.15) is 5.10 Å². The highest BCUT2D eigenvalue weighted by Gasteiger charge is 2.20. The Kier molecular flexibility index (Phi) is 9.35. The van der Waals surface area contributed by atoms with Gasteiger partial charge in [-0.05, 0) is 52.7 Å². The summed E-state index contributed by atoms with van der Waals surface area (Å²) in [5, 5.41) is 13.3. The lowest BCUT2D eigenvalue weighted by atomic mass is 9.96. The molecule has 0 saturated carbocycles. The van der Waals surface area contributed by atoms with Gasteiger partial charge in [0, 0.05) is 58.9 Å². The van der Waals surface area contributed by atoms with Crippen LogP contribution in [0.4, 0.5) is 19.0 Å². The number of anilines is 1. The Bertz CT molecular complexity index is 1280. The zero-order valence-corrected chi connectivity index (χ0v) is 21.6. The number of nitrogens with one attached hydrogen (secondary N) is 1. The molecule has 0 aliphatic carbocycles. The highest BCUT2D eigenvalue weighted by Crippen LogP contribution is 2.33. The van der Waals surface area contributed by atoms with Crippen molar-refractivity contribution in [2.24, 2.45) is 10.7 Å². The number of aliphatic imine (C=N–C) groups is 1. The van der Waals surface area contributed by atoms with Crippen molar-refractivity contribution >= 4 is 45.3 Å². The van der Waals surface area contributed by atoms with E-state index in [1.165, 1.54) is 36.8 Å². The van der Waals surface area contributed by atoms with Crippen molar-refractivity contribution in [3.63, 3.8) is 0 Å². The lowest BCUT2D eigenvalue weighted by Gasteiger charge is -2.21. The number of rotatable bonds is 10. The van der Waals surface area contributed by atoms with Crippen LogP contribution in [-0.4, -0.2) is 39.7 Å². The van der Waals surface area contributed by atoms with Crippen molar-refractivity contribution < 1.29 is 23.1 Å². The summed E-state index contributed by atoms with van der Waals surface area (Å²) in [4.78, 5) is 8.07. The molecule has 0 bridgehead atoms. The molecule has 0 aliphatic heterocycles. The molecule has 2 heterocycles. The van der Waals surface area contributed by atoms with Crippen LogP contribution < -0.4 is 16.0 Å². The molecule has 4 N–H and O–H groups in total. The lowest BCUT2D eigenvalue weighted by Crippen LogP contribution is -2.13. The Labute approximate surface area is 218 Å². The SMILES string of the molecule is CN=CC(Cc1cn(CC(F)F)nc1Cl)=C(N)c1ccc(F)cc1[C@@H](C)Oc1cc(Br)cnc1NO. The topological polar surface area (TPSA) is 111 Å². The second-order valence-corrected chi connectivity index (χ2v) is 8.94. The molecule has 1 atom stereocenters. The molecule has 0 aliphatic rings. The first-order chi connectivity index (χ1) is 17.1. The van der Waals surface area contributed by atoms with Crippen LogP contribution in [-0.2, 0) is 13.0 Å². The van der Waals surface area contributed by atoms with Gasteiger partial charge in [-0.15, -0.1) is 0 Å². The number of pyridine rings is 1. The second-order valence-electron chi connectivity index (χ2n) is 7.66. The van der Waals surface area contributed by atoms with Crippen LogP contribution in [0.5, 0.6) is 5.75 Å². The fraction of sp³-hybridized carbons (Fsp3) is 0.261. The zero-order chi connectivity index (χ0) is 26.4. The summed E-state index contributed by atoms with van der Waals surface area (Å²) in [5.41, 5.74) is 10.6. The van der Waals surface area contributed by atoms with Crippen molar-refractivity contribution in [3.8, 4) is 5.75 Å². The molecule has 36 heavy (non-hydrogen) atoms. The van der Waals surface area contributed by atoms with Gasteiger partial charge < -0.3 is 10.5 Å². The van der Waals surface area contributed by atoms with Crippen LogP contribution in [0.1, 0.15) is 29.7 Å². The summed E-state index contributed by atoms with van der Waals surface area (Å²) in [6.07, 6.45) is 1.24. The molecule has 0 unspecified atom stereocenters. The van der Waals surface area contributed by atoms with Crippen molar-refractivity contribution in [2.45, 2.75) is 32.4 Å². The largest absolute Gasteiger partial charge is 0.482 e. The number of hydrogen-bond donors (Lipinski definition) is 3. The van der Waals surface area contributed by atoms with Crippen LogP contribution >= 0.6 is 27.5 Å². The third-order valence-electron chi connectivity index (χ3n) is 5.09. The molecule has 2 aromatic heterocycles. The Morgan fingerprint density at radius 2 is 2.14 bits per heavy atom. The third-order valence-corrected chi connectivity index (χ3v) is 5.85. The van der Waals surface area contributed by atoms with Crippen molar-refractivity contribution in [1.29, 1.82) is 0 Å². The number of alkyl halides is 2. The molecule has 3 rings (SSSR count). The second kappa shape index (κ2) is 12.2. The summed E-state index contributed by atoms with van der Waals surface area (Å²) in [7, 11) is 1.55. The molecule has 8 nitrogen and oxygen atoms in total. The van der Waals surface area contributed by atoms with E-state index in [0.717, 1.165) is 4.68 Å². The van der Waals surface area contributed by atoms with Crippen LogP contribution in [0, 0.1) is 5.82 Å². The summed E-state index contributed by atoms with van der Waals surface area (Å²) >= 11 is 9.46. The minimum atomic E-state index is -2.59. The van der Waals surface area contributed by atoms with Crippen molar-refractivity contribution in [2.75, 3.05) is 12.5 Å². The molecule has 192 valence electrons. The fourth-order valence-electron chi connectivity index (χ4n) is 3.50. The molecule has 0 amide bonds. The summed E-state index contributed by atoms with van der Waals surface area (Å²) < 4.78 is 47.4. The maximum Gasteiger partial charge on any atom is 0.257 e. The number of nitrogens with zero attached hydrogens (tertiary/aromatic N) is 4. The molecule has 3 aromatic rings. The predicted molar refractivity (Wildman–Crippen MR) is 135 cm³/mol. The number of benzene rings is 1. The highest BCUT2D eigenvalue weighted by molar-refractivity contribution is 9.10. The van der Waals surface area contributed by atoms with Crippen LogP contribution in [0.25, 0.3) is 5.70 Å². The van der Waals surface area contributed by atoms with E-state index < -0.39 is 24.9 Å². The first kappa shape index (κ1) is 27.5. The first-order valence-electron chi connectivity index (χ1n) is 10.6. The molecule has 0 saturated heterocycles. The van der Waals surface area contributed by atoms with E-state index in [0.29, 0.717) is 26.7 Å². The Balaban J connectivity index is 2.01. The molecule has 13 heteroatoms. The molecule has 1 aromatic carbocycles. The van der Waals surface area contributed by atoms with Gasteiger partial charge >= 0.3 is 0 Å². The predicted octanol–water partition coefficient (Wildman–Crippen LogP) is 5.65. The van der Waals surface area contributed by atoms with Gasteiger partial charge in [0.2, 0.25) is 0 Å². The third kappa shape index (κ3) is 6.77. The average Bonchev–Trinajstić information content (AvgIpc) is 3.16. The number of ether oxygens (including phenoxy) is 1. The Hall–Kier alpha value is -3.09. The van der Waals surface area contributed by atoms with E-state index in [1.54, 1.807) is 20.0 Å². The quantitative estimate of drug-likeness (QED) is 0.209. The van der Waals surface area contributed by atoms with Crippen LogP contribution in [0.15, 0.2) is 51.7 Å². The van der Waals surface area contributed by atoms with Gasteiger partial charge in [0.1, 0.15) is 18.5 Å². The number of halogens is 5. The van der Waals surface area contributed by atoms with E-state index in [4.69, 9.17) is 22.1 Å². The maximum atomic E-state index is 14.3. The van der Waals surface area contributed by atoms with Crippen molar-refractivity contribution in [3.05, 3.63) is 74.4 Å². The maximum absolute atomic E-state index is 14.3. The molecule has 0 spiro atoms. The normalized spacial score (nSPS) is 13.2. The van der Waals surface area contributed by atoms with Gasteiger partial charge in [-0.25, -0.2) is 23.6 Å². The fourth-order valence-corrected chi connectivity index (χ4v) is 4.02. The minimum absolute atomic E-state index is 0.0627. The molecular weight excluding hydrogens is 565 g/mol. The molecular formula is C23H23BrClF3N6O2. The van der Waals surface area contributed by atoms with E-state index in [-0.39, 0.29) is 28.8 Å². The molecule has 0 fully saturated rings. The number of nitrogens with two attached hydrogens (primary N) is 1. The standard InChI is InChI=1S/C23H23BrClF3N6O2/c1-12(36-19-6-15(24)9-31-23(19)33-35)18-7-16(26)3-4-17(18)21(29)13(8-30-2)5-14-10-34(11-20(27)28)32-22(14)25/h3-4,6-10,12,20,35H,5,11,29H2,1-2H3,(H,31,33)/t12-/m1/s1. The van der Waals surface area contributed by atoms with Gasteiger partial charge in [-0.3, -0.25) is 14.9 Å². The smallest absolute Gasteiger partial charge is 0.257 e. The Morgan fingerprint density at radius 1 is 1.39 bits per heavy atom. The van der Waals surface area contributed by atoms with E-state index in [9.17, 15) is 18.4 Å². The van der Waals surface area contributed by atoms with Gasteiger partial charge in [0.25, 0.3) is 6.43 Å². The first-order valence-corrected chi connectivity index (χ1v) is 11.7. The lowest BCUT2D eigenvalue weighted by molar-refractivity contribution is 0.122. The van der Waals surface area contributed by atoms with Crippen LogP contribution in [0.3, 0.4) is 0 Å². The van der Waals surface area contributed by atoms with E-state index in [1.807, 2.05) is 5.48 Å². The van der Waals surface area contributed by atoms with Gasteiger partial charge in [0.15, 0.2) is 16.7 Å². The van der Waals surface area contributed by atoms with Gasteiger partial charge in [0.05, 0.1) is 0 Å².